The molecule has 36 heavy (non-hydrogen) atoms. The van der Waals surface area contributed by atoms with Crippen LogP contribution >= 0.6 is 0 Å². The molecule has 6 heteroatoms. The zero-order valence-corrected chi connectivity index (χ0v) is 21.1. The average Bonchev–Trinajstić information content (AvgIpc) is 3.21. The monoisotopic (exact) mass is 489 g/mol. The second kappa shape index (κ2) is 10.5. The molecular formula is C30H36FN3O2. The van der Waals surface area contributed by atoms with Crippen molar-refractivity contribution in [3.8, 4) is 11.4 Å². The first-order valence-electron chi connectivity index (χ1n) is 11.8. The van der Waals surface area contributed by atoms with Crippen LogP contribution in [0.2, 0.25) is 0 Å². The van der Waals surface area contributed by atoms with Crippen LogP contribution in [-0.2, 0) is 4.79 Å². The second-order valence-corrected chi connectivity index (χ2v) is 10.2. The number of benzene rings is 3. The molecule has 1 aromatic heterocycles. The van der Waals surface area contributed by atoms with Gasteiger partial charge in [0.1, 0.15) is 17.7 Å². The number of nitrogens with zero attached hydrogens (tertiary/aromatic N) is 2. The molecule has 4 aromatic rings. The molecule has 1 amide bonds. The SMILES string of the molecule is C.Cc1ccc([C@@H](Oc2ccc3c(cnn3-c3ccc(F)cc3)c2)[C@H](C)NC(=O)C(C)(C)C)c(C)c1. The van der Waals surface area contributed by atoms with Gasteiger partial charge in [-0.3, -0.25) is 4.79 Å². The zero-order chi connectivity index (χ0) is 25.3. The summed E-state index contributed by atoms with van der Waals surface area (Å²) in [6.07, 6.45) is 1.38. The molecule has 0 spiro atoms. The summed E-state index contributed by atoms with van der Waals surface area (Å²) in [6.45, 7) is 11.8. The van der Waals surface area contributed by atoms with Gasteiger partial charge in [0.15, 0.2) is 0 Å². The third-order valence-electron chi connectivity index (χ3n) is 6.10. The van der Waals surface area contributed by atoms with Crippen LogP contribution in [0.3, 0.4) is 0 Å². The van der Waals surface area contributed by atoms with Crippen LogP contribution in [0, 0.1) is 25.1 Å². The van der Waals surface area contributed by atoms with Crippen LogP contribution in [-0.4, -0.2) is 21.7 Å². The molecule has 0 unspecified atom stereocenters. The summed E-state index contributed by atoms with van der Waals surface area (Å²) in [7, 11) is 0. The van der Waals surface area contributed by atoms with Gasteiger partial charge in [-0.2, -0.15) is 5.10 Å². The summed E-state index contributed by atoms with van der Waals surface area (Å²) in [4.78, 5) is 12.7. The molecule has 4 rings (SSSR count). The van der Waals surface area contributed by atoms with E-state index in [4.69, 9.17) is 4.74 Å². The molecular weight excluding hydrogens is 453 g/mol. The molecule has 3 aromatic carbocycles. The lowest BCUT2D eigenvalue weighted by Crippen LogP contribution is -2.44. The van der Waals surface area contributed by atoms with Crippen molar-refractivity contribution in [1.82, 2.24) is 15.1 Å². The second-order valence-electron chi connectivity index (χ2n) is 10.2. The van der Waals surface area contributed by atoms with E-state index in [2.05, 4.69) is 42.5 Å². The third kappa shape index (κ3) is 5.76. The first-order valence-corrected chi connectivity index (χ1v) is 11.8. The Balaban J connectivity index is 0.00000361. The maximum atomic E-state index is 13.3. The predicted molar refractivity (Wildman–Crippen MR) is 144 cm³/mol. The van der Waals surface area contributed by atoms with Crippen molar-refractivity contribution >= 4 is 16.8 Å². The summed E-state index contributed by atoms with van der Waals surface area (Å²) >= 11 is 0. The summed E-state index contributed by atoms with van der Waals surface area (Å²) in [5.41, 5.74) is 4.47. The van der Waals surface area contributed by atoms with Crippen LogP contribution in [0.25, 0.3) is 16.6 Å². The summed E-state index contributed by atoms with van der Waals surface area (Å²) in [5.74, 6) is 0.364. The van der Waals surface area contributed by atoms with E-state index in [1.54, 1.807) is 23.0 Å². The molecule has 190 valence electrons. The fourth-order valence-corrected chi connectivity index (χ4v) is 4.10. The van der Waals surface area contributed by atoms with Gasteiger partial charge >= 0.3 is 0 Å². The van der Waals surface area contributed by atoms with E-state index >= 15 is 0 Å². The van der Waals surface area contributed by atoms with Crippen LogP contribution in [0.4, 0.5) is 4.39 Å². The van der Waals surface area contributed by atoms with E-state index in [1.807, 2.05) is 45.9 Å². The highest BCUT2D eigenvalue weighted by Crippen LogP contribution is 2.31. The van der Waals surface area contributed by atoms with Gasteiger partial charge in [-0.05, 0) is 74.4 Å². The van der Waals surface area contributed by atoms with Crippen molar-refractivity contribution in [2.45, 2.75) is 61.1 Å². The number of hydrogen-bond donors (Lipinski definition) is 1. The molecule has 0 aliphatic rings. The van der Waals surface area contributed by atoms with E-state index in [-0.39, 0.29) is 31.3 Å². The van der Waals surface area contributed by atoms with E-state index < -0.39 is 5.41 Å². The van der Waals surface area contributed by atoms with E-state index in [9.17, 15) is 9.18 Å². The number of aromatic nitrogens is 2. The Morgan fingerprint density at radius 1 is 1.03 bits per heavy atom. The van der Waals surface area contributed by atoms with Gasteiger partial charge in [0.25, 0.3) is 0 Å². The highest BCUT2D eigenvalue weighted by Gasteiger charge is 2.29. The Morgan fingerprint density at radius 2 is 1.72 bits per heavy atom. The highest BCUT2D eigenvalue weighted by atomic mass is 19.1. The minimum Gasteiger partial charge on any atom is -0.484 e. The third-order valence-corrected chi connectivity index (χ3v) is 6.10. The van der Waals surface area contributed by atoms with Crippen molar-refractivity contribution < 1.29 is 13.9 Å². The lowest BCUT2D eigenvalue weighted by molar-refractivity contribution is -0.129. The fraction of sp³-hybridized carbons (Fsp3) is 0.333. The standard InChI is InChI=1S/C29H32FN3O2.CH4/c1-18-7-13-25(19(2)15-18)27(20(3)32-28(34)29(4,5)6)35-24-12-14-26-21(16-24)17-31-33(26)23-10-8-22(30)9-11-23;/h7-17,20,27H,1-6H3,(H,32,34);1H4/t20-,27-;/m0./s1. The number of hydrogen-bond acceptors (Lipinski definition) is 3. The Labute approximate surface area is 213 Å². The Hall–Kier alpha value is -3.67. The first-order chi connectivity index (χ1) is 16.5. The molecule has 0 radical (unpaired) electrons. The minimum atomic E-state index is -0.505. The van der Waals surface area contributed by atoms with E-state index in [1.165, 1.54) is 17.7 Å². The number of ether oxygens (including phenoxy) is 1. The molecule has 1 N–H and O–H groups in total. The van der Waals surface area contributed by atoms with Crippen molar-refractivity contribution in [1.29, 1.82) is 0 Å². The van der Waals surface area contributed by atoms with Gasteiger partial charge in [-0.1, -0.05) is 52.0 Å². The smallest absolute Gasteiger partial charge is 0.225 e. The number of fused-ring (bicyclic) bond motifs is 1. The highest BCUT2D eigenvalue weighted by molar-refractivity contribution is 5.82. The zero-order valence-electron chi connectivity index (χ0n) is 21.1. The molecule has 1 heterocycles. The fourth-order valence-electron chi connectivity index (χ4n) is 4.10. The topological polar surface area (TPSA) is 56.1 Å². The van der Waals surface area contributed by atoms with Crippen molar-refractivity contribution in [2.24, 2.45) is 5.41 Å². The lowest BCUT2D eigenvalue weighted by Gasteiger charge is -2.30. The average molecular weight is 490 g/mol. The van der Waals surface area contributed by atoms with Gasteiger partial charge < -0.3 is 10.1 Å². The minimum absolute atomic E-state index is 0. The molecule has 0 bridgehead atoms. The molecule has 0 saturated carbocycles. The molecule has 0 aliphatic heterocycles. The van der Waals surface area contributed by atoms with E-state index in [0.717, 1.165) is 27.7 Å². The maximum Gasteiger partial charge on any atom is 0.225 e. The number of carbonyl (C=O) groups excluding carboxylic acids is 1. The van der Waals surface area contributed by atoms with Crippen molar-refractivity contribution in [2.75, 3.05) is 0 Å². The Bertz CT molecular complexity index is 1350. The molecule has 0 fully saturated rings. The number of halogens is 1. The number of rotatable bonds is 6. The van der Waals surface area contributed by atoms with Gasteiger partial charge in [0.2, 0.25) is 5.91 Å². The maximum absolute atomic E-state index is 13.3. The molecule has 5 nitrogen and oxygen atoms in total. The largest absolute Gasteiger partial charge is 0.484 e. The summed E-state index contributed by atoms with van der Waals surface area (Å²) in [5, 5.41) is 8.52. The lowest BCUT2D eigenvalue weighted by atomic mass is 9.93. The predicted octanol–water partition coefficient (Wildman–Crippen LogP) is 7.09. The number of aryl methyl sites for hydroxylation is 2. The number of nitrogens with one attached hydrogen (secondary N) is 1. The Morgan fingerprint density at radius 3 is 2.36 bits per heavy atom. The van der Waals surface area contributed by atoms with Gasteiger partial charge in [0, 0.05) is 10.8 Å². The molecule has 0 aliphatic carbocycles. The van der Waals surface area contributed by atoms with E-state index in [0.29, 0.717) is 5.75 Å². The summed E-state index contributed by atoms with van der Waals surface area (Å²) in [6, 6.07) is 18.0. The normalized spacial score (nSPS) is 13.1. The van der Waals surface area contributed by atoms with Gasteiger partial charge in [-0.15, -0.1) is 0 Å². The Kier molecular flexibility index (Phi) is 7.87. The van der Waals surface area contributed by atoms with Gasteiger partial charge in [-0.25, -0.2) is 9.07 Å². The molecule has 2 atom stereocenters. The van der Waals surface area contributed by atoms with Crippen molar-refractivity contribution in [3.05, 3.63) is 89.4 Å². The van der Waals surface area contributed by atoms with Crippen molar-refractivity contribution in [3.63, 3.8) is 0 Å². The quantitative estimate of drug-likeness (QED) is 0.315. The number of carbonyl (C=O) groups is 1. The van der Waals surface area contributed by atoms with Crippen LogP contribution in [0.1, 0.15) is 57.9 Å². The van der Waals surface area contributed by atoms with Crippen LogP contribution in [0.15, 0.2) is 66.9 Å². The van der Waals surface area contributed by atoms with Crippen LogP contribution < -0.4 is 10.1 Å². The first kappa shape index (κ1) is 26.9. The van der Waals surface area contributed by atoms with Gasteiger partial charge in [0.05, 0.1) is 23.4 Å². The summed E-state index contributed by atoms with van der Waals surface area (Å²) < 4.78 is 21.6. The molecule has 0 saturated heterocycles. The number of amides is 1. The van der Waals surface area contributed by atoms with Crippen LogP contribution in [0.5, 0.6) is 5.75 Å².